The van der Waals surface area contributed by atoms with Gasteiger partial charge in [-0.15, -0.1) is 11.8 Å². The lowest BCUT2D eigenvalue weighted by Crippen LogP contribution is -2.63. The van der Waals surface area contributed by atoms with Gasteiger partial charge in [-0.25, -0.2) is 9.59 Å². The van der Waals surface area contributed by atoms with Crippen LogP contribution in [0.2, 0.25) is 0 Å². The fourth-order valence-electron chi connectivity index (χ4n) is 6.44. The van der Waals surface area contributed by atoms with Gasteiger partial charge in [0.15, 0.2) is 0 Å². The first-order valence-corrected chi connectivity index (χ1v) is 17.3. The van der Waals surface area contributed by atoms with Gasteiger partial charge in [-0.1, -0.05) is 6.92 Å². The van der Waals surface area contributed by atoms with Gasteiger partial charge in [-0.3, -0.25) is 29.8 Å². The average Bonchev–Trinajstić information content (AvgIpc) is 3.61. The number of β-lactam (4-membered cyclic amide) rings is 1. The first-order valence-electron chi connectivity index (χ1n) is 16.4. The molecule has 17 nitrogen and oxygen atoms in total. The maximum atomic E-state index is 13.7. The number of esters is 1. The lowest BCUT2D eigenvalue weighted by atomic mass is 9.79. The van der Waals surface area contributed by atoms with E-state index in [2.05, 4.69) is 0 Å². The number of nitrogens with two attached hydrogens (primary N) is 1. The quantitative estimate of drug-likeness (QED) is 0.122. The number of hydrogen-bond donors (Lipinski definition) is 2. The van der Waals surface area contributed by atoms with Crippen molar-refractivity contribution < 1.29 is 48.3 Å². The number of likely N-dealkylation sites (tertiary alicyclic amines) is 1. The SMILES string of the molecule is C[C@@H](O)[C@H]1C(=O)N2C(C(=O)OCc3ccc([N+](=O)[O-])cc3)=C(S[C@H]3C[C@@H](COC(C)(C)C(N)=O)N(C(=O)OCc4ccc([N+](=O)[O-])cc4)C3)[C@H](C)[C@H]12. The second-order valence-corrected chi connectivity index (χ2v) is 14.8. The zero-order valence-corrected chi connectivity index (χ0v) is 29.6. The van der Waals surface area contributed by atoms with Gasteiger partial charge in [0, 0.05) is 46.9 Å². The molecule has 18 heteroatoms. The molecule has 0 radical (unpaired) electrons. The Morgan fingerprint density at radius 1 is 1.00 bits per heavy atom. The first kappa shape index (κ1) is 38.2. The van der Waals surface area contributed by atoms with Crippen LogP contribution in [0.5, 0.6) is 0 Å². The number of carbonyl (C=O) groups is 4. The predicted molar refractivity (Wildman–Crippen MR) is 184 cm³/mol. The number of rotatable bonds is 14. The van der Waals surface area contributed by atoms with Crippen LogP contribution in [0, 0.1) is 32.1 Å². The highest BCUT2D eigenvalue weighted by Gasteiger charge is 2.60. The maximum absolute atomic E-state index is 13.7. The van der Waals surface area contributed by atoms with Crippen LogP contribution < -0.4 is 5.73 Å². The van der Waals surface area contributed by atoms with Gasteiger partial charge >= 0.3 is 12.1 Å². The van der Waals surface area contributed by atoms with Crippen LogP contribution in [0.4, 0.5) is 16.2 Å². The summed E-state index contributed by atoms with van der Waals surface area (Å²) in [6.07, 6.45) is -1.33. The fraction of sp³-hybridized carbons (Fsp3) is 0.471. The summed E-state index contributed by atoms with van der Waals surface area (Å²) in [6, 6.07) is 9.97. The van der Waals surface area contributed by atoms with E-state index in [-0.39, 0.29) is 54.6 Å². The molecule has 3 heterocycles. The Morgan fingerprint density at radius 2 is 1.54 bits per heavy atom. The van der Waals surface area contributed by atoms with Crippen LogP contribution in [0.15, 0.2) is 59.1 Å². The third kappa shape index (κ3) is 7.88. The topological polar surface area (TPSA) is 235 Å². The Hall–Kier alpha value is -5.07. The first-order chi connectivity index (χ1) is 24.5. The van der Waals surface area contributed by atoms with Crippen molar-refractivity contribution in [3.63, 3.8) is 0 Å². The molecule has 2 saturated heterocycles. The number of hydrogen-bond acceptors (Lipinski definition) is 13. The fourth-order valence-corrected chi connectivity index (χ4v) is 8.00. The van der Waals surface area contributed by atoms with Crippen LogP contribution in [0.1, 0.15) is 45.2 Å². The van der Waals surface area contributed by atoms with Crippen LogP contribution in [0.3, 0.4) is 0 Å². The molecule has 278 valence electrons. The minimum Gasteiger partial charge on any atom is -0.456 e. The van der Waals surface area contributed by atoms with E-state index in [1.54, 1.807) is 0 Å². The van der Waals surface area contributed by atoms with Crippen molar-refractivity contribution in [3.8, 4) is 0 Å². The monoisotopic (exact) mass is 741 g/mol. The van der Waals surface area contributed by atoms with Gasteiger partial charge in [0.2, 0.25) is 11.8 Å². The molecule has 0 spiro atoms. The summed E-state index contributed by atoms with van der Waals surface area (Å²) in [4.78, 5) is 76.7. The van der Waals surface area contributed by atoms with E-state index in [1.165, 1.54) is 90.9 Å². The van der Waals surface area contributed by atoms with E-state index in [0.29, 0.717) is 22.5 Å². The van der Waals surface area contributed by atoms with Gasteiger partial charge in [0.05, 0.1) is 40.6 Å². The number of amides is 3. The molecule has 0 bridgehead atoms. The zero-order valence-electron chi connectivity index (χ0n) is 28.8. The van der Waals surface area contributed by atoms with E-state index in [1.807, 2.05) is 6.92 Å². The largest absolute Gasteiger partial charge is 0.456 e. The van der Waals surface area contributed by atoms with Gasteiger partial charge in [-0.2, -0.15) is 0 Å². The lowest BCUT2D eigenvalue weighted by Gasteiger charge is -2.46. The van der Waals surface area contributed by atoms with Crippen molar-refractivity contribution in [2.24, 2.45) is 17.6 Å². The molecule has 3 aliphatic rings. The molecular weight excluding hydrogens is 702 g/mol. The molecule has 3 aliphatic heterocycles. The van der Waals surface area contributed by atoms with Crippen molar-refractivity contribution in [2.75, 3.05) is 13.2 Å². The number of thioether (sulfide) groups is 1. The minimum atomic E-state index is -1.34. The van der Waals surface area contributed by atoms with Crippen LogP contribution >= 0.6 is 11.8 Å². The second kappa shape index (κ2) is 15.3. The number of aliphatic hydroxyl groups is 1. The summed E-state index contributed by atoms with van der Waals surface area (Å²) in [7, 11) is 0. The third-order valence-electron chi connectivity index (χ3n) is 9.46. The number of nitro groups is 2. The molecule has 3 amide bonds. The highest BCUT2D eigenvalue weighted by molar-refractivity contribution is 8.03. The number of primary amides is 1. The zero-order chi connectivity index (χ0) is 38.1. The van der Waals surface area contributed by atoms with E-state index >= 15 is 0 Å². The summed E-state index contributed by atoms with van der Waals surface area (Å²) in [6.45, 7) is 6.05. The van der Waals surface area contributed by atoms with Crippen molar-refractivity contribution in [1.82, 2.24) is 9.80 Å². The Kier molecular flexibility index (Phi) is 11.2. The number of benzene rings is 2. The molecule has 6 atom stereocenters. The second-order valence-electron chi connectivity index (χ2n) is 13.4. The normalized spacial score (nSPS) is 23.2. The van der Waals surface area contributed by atoms with Gasteiger partial charge < -0.3 is 34.9 Å². The number of ether oxygens (including phenoxy) is 3. The highest BCUT2D eigenvalue weighted by atomic mass is 32.2. The van der Waals surface area contributed by atoms with Crippen molar-refractivity contribution >= 4 is 47.0 Å². The highest BCUT2D eigenvalue weighted by Crippen LogP contribution is 2.52. The number of fused-ring (bicyclic) bond motifs is 1. The number of aliphatic hydroxyl groups excluding tert-OH is 1. The van der Waals surface area contributed by atoms with Crippen LogP contribution in [-0.2, 0) is 41.8 Å². The van der Waals surface area contributed by atoms with E-state index in [4.69, 9.17) is 19.9 Å². The molecule has 2 aromatic carbocycles. The molecule has 0 aliphatic carbocycles. The molecule has 52 heavy (non-hydrogen) atoms. The third-order valence-corrected chi connectivity index (χ3v) is 11.0. The minimum absolute atomic E-state index is 0.0353. The lowest BCUT2D eigenvalue weighted by molar-refractivity contribution is -0.385. The molecule has 3 N–H and O–H groups in total. The van der Waals surface area contributed by atoms with Crippen LogP contribution in [0.25, 0.3) is 0 Å². The number of nitrogens with zero attached hydrogens (tertiary/aromatic N) is 4. The summed E-state index contributed by atoms with van der Waals surface area (Å²) in [5.41, 5.74) is 4.98. The molecular formula is C34H39N5O12S. The predicted octanol–water partition coefficient (Wildman–Crippen LogP) is 3.41. The molecule has 0 unspecified atom stereocenters. The van der Waals surface area contributed by atoms with Crippen molar-refractivity contribution in [3.05, 3.63) is 90.5 Å². The Labute approximate surface area is 302 Å². The molecule has 0 aromatic heterocycles. The maximum Gasteiger partial charge on any atom is 0.410 e. The Morgan fingerprint density at radius 3 is 2.04 bits per heavy atom. The Balaban J connectivity index is 1.36. The van der Waals surface area contributed by atoms with Crippen molar-refractivity contribution in [2.45, 2.75) is 76.4 Å². The number of carbonyl (C=O) groups excluding carboxylic acids is 4. The summed E-state index contributed by atoms with van der Waals surface area (Å²) >= 11 is 1.30. The van der Waals surface area contributed by atoms with Crippen LogP contribution in [-0.4, -0.2) is 90.8 Å². The number of non-ortho nitro benzene ring substituents is 2. The molecule has 0 saturated carbocycles. The molecule has 2 fully saturated rings. The average molecular weight is 742 g/mol. The summed E-state index contributed by atoms with van der Waals surface area (Å²) in [5, 5.41) is 32.1. The van der Waals surface area contributed by atoms with Gasteiger partial charge in [0.25, 0.3) is 11.4 Å². The van der Waals surface area contributed by atoms with E-state index < -0.39 is 63.4 Å². The van der Waals surface area contributed by atoms with E-state index in [9.17, 15) is 44.5 Å². The number of nitro benzene ring substituents is 2. The Bertz CT molecular complexity index is 1780. The smallest absolute Gasteiger partial charge is 0.410 e. The van der Waals surface area contributed by atoms with E-state index in [0.717, 1.165) is 0 Å². The van der Waals surface area contributed by atoms with Gasteiger partial charge in [-0.05, 0) is 62.6 Å². The summed E-state index contributed by atoms with van der Waals surface area (Å²) in [5.74, 6) is -3.03. The van der Waals surface area contributed by atoms with Gasteiger partial charge in [0.1, 0.15) is 24.5 Å². The molecule has 5 rings (SSSR count). The standard InChI is InChI=1S/C34H39N5O12S/c1-18-27-26(19(2)40)30(41)37(27)28(31(42)49-15-20-5-9-22(10-6-20)38(45)46)29(18)52-25-13-24(17-51-34(3,4)32(35)43)36(14-25)33(44)50-16-21-7-11-23(12-8-21)39(47)48/h5-12,18-19,24-27,40H,13-17H2,1-4H3,(H2,35,43)/t18-,19-,24+,25+,26-,27-/m1/s1. The van der Waals surface area contributed by atoms with Crippen molar-refractivity contribution in [1.29, 1.82) is 0 Å². The molecule has 2 aromatic rings. The summed E-state index contributed by atoms with van der Waals surface area (Å²) < 4.78 is 17.0.